The Hall–Kier alpha value is -2.75. The van der Waals surface area contributed by atoms with Crippen molar-refractivity contribution in [1.82, 2.24) is 4.98 Å². The Morgan fingerprint density at radius 1 is 1.07 bits per heavy atom. The van der Waals surface area contributed by atoms with Crippen LogP contribution >= 0.6 is 22.7 Å². The average molecular weight is 428 g/mol. The van der Waals surface area contributed by atoms with E-state index in [1.807, 2.05) is 24.3 Å². The average Bonchev–Trinajstić information content (AvgIpc) is 3.37. The van der Waals surface area contributed by atoms with E-state index in [9.17, 15) is 13.2 Å². The van der Waals surface area contributed by atoms with Gasteiger partial charge in [-0.3, -0.25) is 9.52 Å². The number of amides is 1. The lowest BCUT2D eigenvalue weighted by Gasteiger charge is -2.09. The smallest absolute Gasteiger partial charge is 0.262 e. The highest BCUT2D eigenvalue weighted by Gasteiger charge is 2.35. The molecule has 1 aliphatic rings. The molecule has 1 amide bonds. The number of thiazole rings is 1. The van der Waals surface area contributed by atoms with Crippen LogP contribution in [0.1, 0.15) is 16.5 Å². The molecule has 2 aromatic heterocycles. The summed E-state index contributed by atoms with van der Waals surface area (Å²) in [5, 5.41) is 5.82. The van der Waals surface area contributed by atoms with Crippen LogP contribution in [0, 0.1) is 0 Å². The highest BCUT2D eigenvalue weighted by Crippen LogP contribution is 2.41. The molecule has 140 valence electrons. The number of carbonyl (C=O) groups is 1. The first kappa shape index (κ1) is 17.4. The summed E-state index contributed by atoms with van der Waals surface area (Å²) < 4.78 is 29.0. The summed E-state index contributed by atoms with van der Waals surface area (Å²) in [6.07, 6.45) is 0. The Balaban J connectivity index is 1.57. The number of thiophene rings is 1. The highest BCUT2D eigenvalue weighted by molar-refractivity contribution is 7.93. The summed E-state index contributed by atoms with van der Waals surface area (Å²) in [7, 11) is -3.75. The molecule has 0 bridgehead atoms. The second kappa shape index (κ2) is 6.40. The molecule has 5 rings (SSSR count). The molecule has 0 radical (unpaired) electrons. The molecule has 1 aliphatic heterocycles. The number of nitrogens with one attached hydrogen (secondary N) is 2. The maximum Gasteiger partial charge on any atom is 0.262 e. The fourth-order valence-electron chi connectivity index (χ4n) is 3.19. The van der Waals surface area contributed by atoms with Gasteiger partial charge in [-0.15, -0.1) is 22.7 Å². The second-order valence-corrected chi connectivity index (χ2v) is 9.97. The van der Waals surface area contributed by atoms with Gasteiger partial charge in [-0.25, -0.2) is 13.4 Å². The van der Waals surface area contributed by atoms with Crippen molar-refractivity contribution in [3.05, 3.63) is 70.5 Å². The van der Waals surface area contributed by atoms with Gasteiger partial charge in [-0.2, -0.15) is 0 Å². The number of aromatic nitrogens is 1. The lowest BCUT2D eigenvalue weighted by molar-refractivity contribution is -0.116. The SMILES string of the molecule is O=C1Nc2ccc(S(=O)(=O)Nc3cccs3)cc2C1c1nc2ccccc2s1. The number of nitrogens with zero attached hydrogens (tertiary/aromatic N) is 1. The predicted molar refractivity (Wildman–Crippen MR) is 112 cm³/mol. The van der Waals surface area contributed by atoms with Crippen molar-refractivity contribution in [2.75, 3.05) is 10.0 Å². The van der Waals surface area contributed by atoms with Crippen molar-refractivity contribution < 1.29 is 13.2 Å². The van der Waals surface area contributed by atoms with Gasteiger partial charge in [0.2, 0.25) is 5.91 Å². The van der Waals surface area contributed by atoms with Gasteiger partial charge in [0.1, 0.15) is 15.9 Å². The third-order valence-corrected chi connectivity index (χ3v) is 7.86. The Morgan fingerprint density at radius 3 is 2.71 bits per heavy atom. The Bertz CT molecular complexity index is 1280. The zero-order valence-electron chi connectivity index (χ0n) is 14.2. The quantitative estimate of drug-likeness (QED) is 0.510. The van der Waals surface area contributed by atoms with E-state index in [0.717, 1.165) is 10.2 Å². The number of anilines is 2. The van der Waals surface area contributed by atoms with Crippen molar-refractivity contribution in [3.63, 3.8) is 0 Å². The van der Waals surface area contributed by atoms with Crippen LogP contribution in [0.5, 0.6) is 0 Å². The normalized spacial score (nSPS) is 16.1. The Kier molecular flexibility index (Phi) is 3.97. The number of hydrogen-bond acceptors (Lipinski definition) is 6. The fourth-order valence-corrected chi connectivity index (χ4v) is 6.24. The van der Waals surface area contributed by atoms with Crippen LogP contribution < -0.4 is 10.0 Å². The Labute approximate surface area is 168 Å². The molecule has 1 unspecified atom stereocenters. The third-order valence-electron chi connectivity index (χ3n) is 4.48. The van der Waals surface area contributed by atoms with E-state index in [0.29, 0.717) is 21.3 Å². The zero-order chi connectivity index (χ0) is 19.3. The van der Waals surface area contributed by atoms with E-state index < -0.39 is 15.9 Å². The van der Waals surface area contributed by atoms with Crippen LogP contribution in [0.2, 0.25) is 0 Å². The maximum atomic E-state index is 12.7. The van der Waals surface area contributed by atoms with Crippen molar-refractivity contribution >= 4 is 59.5 Å². The maximum absolute atomic E-state index is 12.7. The summed E-state index contributed by atoms with van der Waals surface area (Å²) >= 11 is 2.75. The number of fused-ring (bicyclic) bond motifs is 2. The summed E-state index contributed by atoms with van der Waals surface area (Å²) in [4.78, 5) is 17.3. The first-order chi connectivity index (χ1) is 13.5. The van der Waals surface area contributed by atoms with Crippen LogP contribution in [0.4, 0.5) is 10.7 Å². The first-order valence-corrected chi connectivity index (χ1v) is 11.6. The molecule has 1 atom stereocenters. The minimum absolute atomic E-state index is 0.113. The minimum atomic E-state index is -3.75. The number of carbonyl (C=O) groups excluding carboxylic acids is 1. The molecule has 2 aromatic carbocycles. The monoisotopic (exact) mass is 427 g/mol. The van der Waals surface area contributed by atoms with Gasteiger partial charge in [0.25, 0.3) is 10.0 Å². The van der Waals surface area contributed by atoms with Gasteiger partial charge in [-0.05, 0) is 53.4 Å². The van der Waals surface area contributed by atoms with Crippen LogP contribution in [0.3, 0.4) is 0 Å². The van der Waals surface area contributed by atoms with Gasteiger partial charge in [0.15, 0.2) is 0 Å². The summed E-state index contributed by atoms with van der Waals surface area (Å²) in [6, 6.07) is 15.8. The Morgan fingerprint density at radius 2 is 1.93 bits per heavy atom. The molecule has 0 saturated carbocycles. The molecule has 4 aromatic rings. The predicted octanol–water partition coefficient (Wildman–Crippen LogP) is 4.24. The van der Waals surface area contributed by atoms with Gasteiger partial charge in [0.05, 0.1) is 15.1 Å². The molecule has 0 saturated heterocycles. The minimum Gasteiger partial charge on any atom is -0.325 e. The first-order valence-electron chi connectivity index (χ1n) is 8.38. The van der Waals surface area contributed by atoms with Gasteiger partial charge in [0, 0.05) is 5.69 Å². The molecular weight excluding hydrogens is 414 g/mol. The van der Waals surface area contributed by atoms with Crippen molar-refractivity contribution in [1.29, 1.82) is 0 Å². The van der Waals surface area contributed by atoms with Crippen molar-refractivity contribution in [2.45, 2.75) is 10.8 Å². The highest BCUT2D eigenvalue weighted by atomic mass is 32.2. The lowest BCUT2D eigenvalue weighted by atomic mass is 10.0. The largest absolute Gasteiger partial charge is 0.325 e. The van der Waals surface area contributed by atoms with Crippen molar-refractivity contribution in [3.8, 4) is 0 Å². The van der Waals surface area contributed by atoms with E-state index in [4.69, 9.17) is 0 Å². The number of hydrogen-bond donors (Lipinski definition) is 2. The summed E-state index contributed by atoms with van der Waals surface area (Å²) in [5.41, 5.74) is 2.06. The van der Waals surface area contributed by atoms with Crippen LogP contribution in [0.15, 0.2) is 64.9 Å². The molecule has 0 spiro atoms. The van der Waals surface area contributed by atoms with E-state index in [-0.39, 0.29) is 10.8 Å². The van der Waals surface area contributed by atoms with Crippen LogP contribution in [-0.2, 0) is 14.8 Å². The van der Waals surface area contributed by atoms with Crippen LogP contribution in [-0.4, -0.2) is 19.3 Å². The zero-order valence-corrected chi connectivity index (χ0v) is 16.7. The standard InChI is InChI=1S/C19H13N3O3S3/c23-18-17(19-21-14-4-1-2-5-15(14)27-19)12-10-11(7-8-13(12)20-18)28(24,25)22-16-6-3-9-26-16/h1-10,17,22H,(H,20,23). The van der Waals surface area contributed by atoms with E-state index >= 15 is 0 Å². The molecule has 6 nitrogen and oxygen atoms in total. The molecule has 0 aliphatic carbocycles. The number of benzene rings is 2. The lowest BCUT2D eigenvalue weighted by Crippen LogP contribution is -2.14. The van der Waals surface area contributed by atoms with Crippen molar-refractivity contribution in [2.24, 2.45) is 0 Å². The van der Waals surface area contributed by atoms with Gasteiger partial charge in [-0.1, -0.05) is 12.1 Å². The molecule has 9 heteroatoms. The number of sulfonamides is 1. The third kappa shape index (κ3) is 2.88. The van der Waals surface area contributed by atoms with Gasteiger partial charge >= 0.3 is 0 Å². The van der Waals surface area contributed by atoms with E-state index in [1.165, 1.54) is 28.7 Å². The summed E-state index contributed by atoms with van der Waals surface area (Å²) in [5.74, 6) is -0.820. The van der Waals surface area contributed by atoms with E-state index in [1.54, 1.807) is 29.6 Å². The van der Waals surface area contributed by atoms with Gasteiger partial charge < -0.3 is 5.32 Å². The molecular formula is C19H13N3O3S3. The number of para-hydroxylation sites is 1. The summed E-state index contributed by atoms with van der Waals surface area (Å²) in [6.45, 7) is 0. The molecule has 2 N–H and O–H groups in total. The topological polar surface area (TPSA) is 88.2 Å². The molecule has 0 fully saturated rings. The molecule has 3 heterocycles. The van der Waals surface area contributed by atoms with Crippen LogP contribution in [0.25, 0.3) is 10.2 Å². The fraction of sp³-hybridized carbons (Fsp3) is 0.0526. The number of rotatable bonds is 4. The van der Waals surface area contributed by atoms with E-state index in [2.05, 4.69) is 15.0 Å². The second-order valence-electron chi connectivity index (χ2n) is 6.27. The molecule has 28 heavy (non-hydrogen) atoms.